The molecule has 1 N–H and O–H groups in total. The molecule has 4 rings (SSSR count). The third-order valence-electron chi connectivity index (χ3n) is 5.28. The number of hydrogen-bond acceptors (Lipinski definition) is 6. The summed E-state index contributed by atoms with van der Waals surface area (Å²) in [5.74, 6) is 1.38. The third-order valence-corrected chi connectivity index (χ3v) is 5.28. The van der Waals surface area contributed by atoms with Gasteiger partial charge in [0.2, 0.25) is 0 Å². The second-order valence-corrected chi connectivity index (χ2v) is 7.84. The largest absolute Gasteiger partial charge is 0.363 e. The Morgan fingerprint density at radius 3 is 2.41 bits per heavy atom. The number of aromatic nitrogens is 5. The fourth-order valence-corrected chi connectivity index (χ4v) is 3.54. The van der Waals surface area contributed by atoms with E-state index in [0.717, 1.165) is 34.2 Å². The van der Waals surface area contributed by atoms with Crippen molar-refractivity contribution in [3.8, 4) is 0 Å². The highest BCUT2D eigenvalue weighted by molar-refractivity contribution is 5.40. The highest BCUT2D eigenvalue weighted by atomic mass is 19.1. The highest BCUT2D eigenvalue weighted by Crippen LogP contribution is 2.23. The zero-order valence-electron chi connectivity index (χ0n) is 18.1. The third kappa shape index (κ3) is 5.69. The molecule has 7 heteroatoms. The van der Waals surface area contributed by atoms with E-state index in [1.54, 1.807) is 24.8 Å². The second-order valence-electron chi connectivity index (χ2n) is 7.84. The molecule has 0 saturated carbocycles. The van der Waals surface area contributed by atoms with Crippen molar-refractivity contribution < 1.29 is 4.39 Å². The van der Waals surface area contributed by atoms with Crippen LogP contribution in [-0.4, -0.2) is 24.9 Å². The van der Waals surface area contributed by atoms with Crippen molar-refractivity contribution >= 4 is 5.82 Å². The number of benzene rings is 1. The molecule has 1 unspecified atom stereocenters. The molecule has 3 heterocycles. The lowest BCUT2D eigenvalue weighted by atomic mass is 9.97. The zero-order valence-corrected chi connectivity index (χ0v) is 18.1. The molecular formula is C25H25FN6. The molecule has 3 aromatic heterocycles. The van der Waals surface area contributed by atoms with E-state index in [-0.39, 0.29) is 17.8 Å². The quantitative estimate of drug-likeness (QED) is 0.430. The average molecular weight is 429 g/mol. The van der Waals surface area contributed by atoms with Crippen molar-refractivity contribution in [2.24, 2.45) is 0 Å². The van der Waals surface area contributed by atoms with Gasteiger partial charge in [0, 0.05) is 49.9 Å². The van der Waals surface area contributed by atoms with Crippen molar-refractivity contribution in [2.75, 3.05) is 5.32 Å². The highest BCUT2D eigenvalue weighted by Gasteiger charge is 2.14. The van der Waals surface area contributed by atoms with Gasteiger partial charge in [-0.3, -0.25) is 15.0 Å². The molecule has 0 fully saturated rings. The van der Waals surface area contributed by atoms with Gasteiger partial charge < -0.3 is 5.32 Å². The van der Waals surface area contributed by atoms with Gasteiger partial charge in [0.1, 0.15) is 17.5 Å². The van der Waals surface area contributed by atoms with Crippen LogP contribution in [0.15, 0.2) is 73.4 Å². The Morgan fingerprint density at radius 1 is 0.875 bits per heavy atom. The first-order valence-corrected chi connectivity index (χ1v) is 10.6. The first-order valence-electron chi connectivity index (χ1n) is 10.6. The number of nitrogens with zero attached hydrogens (tertiary/aromatic N) is 5. The predicted octanol–water partition coefficient (Wildman–Crippen LogP) is 4.91. The molecule has 0 saturated heterocycles. The number of rotatable bonds is 8. The Bertz CT molecular complexity index is 1140. The van der Waals surface area contributed by atoms with Gasteiger partial charge in [-0.25, -0.2) is 14.4 Å². The molecule has 0 aliphatic heterocycles. The lowest BCUT2D eigenvalue weighted by Crippen LogP contribution is -2.12. The van der Waals surface area contributed by atoms with Gasteiger partial charge in [0.05, 0.1) is 17.4 Å². The van der Waals surface area contributed by atoms with E-state index in [1.807, 2.05) is 36.5 Å². The van der Waals surface area contributed by atoms with Crippen molar-refractivity contribution in [1.82, 2.24) is 24.9 Å². The van der Waals surface area contributed by atoms with Crippen LogP contribution in [0.4, 0.5) is 10.2 Å². The summed E-state index contributed by atoms with van der Waals surface area (Å²) in [4.78, 5) is 22.3. The Kier molecular flexibility index (Phi) is 6.75. The maximum Gasteiger partial charge on any atom is 0.131 e. The normalized spacial score (nSPS) is 12.8. The predicted molar refractivity (Wildman–Crippen MR) is 122 cm³/mol. The molecule has 0 bridgehead atoms. The summed E-state index contributed by atoms with van der Waals surface area (Å²) < 4.78 is 13.3. The lowest BCUT2D eigenvalue weighted by Gasteiger charge is -2.17. The van der Waals surface area contributed by atoms with E-state index in [1.165, 1.54) is 12.1 Å². The lowest BCUT2D eigenvalue weighted by molar-refractivity contribution is 0.624. The summed E-state index contributed by atoms with van der Waals surface area (Å²) in [5, 5.41) is 3.47. The topological polar surface area (TPSA) is 76.5 Å². The molecule has 0 aliphatic rings. The van der Waals surface area contributed by atoms with Gasteiger partial charge in [0.15, 0.2) is 0 Å². The molecule has 4 aromatic rings. The summed E-state index contributed by atoms with van der Waals surface area (Å²) >= 11 is 0. The Morgan fingerprint density at radius 2 is 1.69 bits per heavy atom. The van der Waals surface area contributed by atoms with Crippen LogP contribution in [0.5, 0.6) is 0 Å². The van der Waals surface area contributed by atoms with Crippen molar-refractivity contribution in [3.63, 3.8) is 0 Å². The van der Waals surface area contributed by atoms with Crippen LogP contribution in [-0.2, 0) is 12.8 Å². The monoisotopic (exact) mass is 428 g/mol. The van der Waals surface area contributed by atoms with Crippen LogP contribution in [0.25, 0.3) is 0 Å². The summed E-state index contributed by atoms with van der Waals surface area (Å²) in [6.45, 7) is 4.17. The molecule has 0 radical (unpaired) electrons. The first kappa shape index (κ1) is 21.5. The van der Waals surface area contributed by atoms with Crippen LogP contribution < -0.4 is 5.32 Å². The van der Waals surface area contributed by atoms with E-state index in [0.29, 0.717) is 12.8 Å². The molecular weight excluding hydrogens is 403 g/mol. The molecule has 2 atom stereocenters. The number of nitrogens with one attached hydrogen (secondary N) is 1. The minimum Gasteiger partial charge on any atom is -0.363 e. The van der Waals surface area contributed by atoms with Crippen LogP contribution in [0, 0.1) is 5.82 Å². The second kappa shape index (κ2) is 10.0. The van der Waals surface area contributed by atoms with Crippen molar-refractivity contribution in [3.05, 3.63) is 108 Å². The molecule has 162 valence electrons. The summed E-state index contributed by atoms with van der Waals surface area (Å²) in [6, 6.07) is 12.5. The first-order chi connectivity index (χ1) is 15.6. The van der Waals surface area contributed by atoms with Crippen LogP contribution in [0.3, 0.4) is 0 Å². The SMILES string of the molecule is CC(Nc1cc(Cc2cnccn2)nc(C[C@@H](C)c2ccc(F)cc2)n1)c1cccnc1. The fourth-order valence-electron chi connectivity index (χ4n) is 3.54. The number of halogens is 1. The van der Waals surface area contributed by atoms with Gasteiger partial charge in [0.25, 0.3) is 0 Å². The van der Waals surface area contributed by atoms with E-state index < -0.39 is 0 Å². The zero-order chi connectivity index (χ0) is 22.3. The molecule has 6 nitrogen and oxygen atoms in total. The fraction of sp³-hybridized carbons (Fsp3) is 0.240. The van der Waals surface area contributed by atoms with E-state index in [2.05, 4.69) is 34.1 Å². The van der Waals surface area contributed by atoms with Crippen molar-refractivity contribution in [2.45, 2.75) is 38.6 Å². The van der Waals surface area contributed by atoms with E-state index in [4.69, 9.17) is 9.97 Å². The molecule has 32 heavy (non-hydrogen) atoms. The van der Waals surface area contributed by atoms with Gasteiger partial charge in [-0.15, -0.1) is 0 Å². The van der Waals surface area contributed by atoms with Crippen LogP contribution in [0.2, 0.25) is 0 Å². The Labute approximate surface area is 187 Å². The number of anilines is 1. The molecule has 0 aliphatic carbocycles. The Balaban J connectivity index is 1.59. The van der Waals surface area contributed by atoms with Crippen LogP contribution >= 0.6 is 0 Å². The van der Waals surface area contributed by atoms with Gasteiger partial charge in [-0.2, -0.15) is 0 Å². The number of hydrogen-bond donors (Lipinski definition) is 1. The summed E-state index contributed by atoms with van der Waals surface area (Å²) in [7, 11) is 0. The van der Waals surface area contributed by atoms with Crippen molar-refractivity contribution in [1.29, 1.82) is 0 Å². The van der Waals surface area contributed by atoms with E-state index in [9.17, 15) is 4.39 Å². The summed E-state index contributed by atoms with van der Waals surface area (Å²) in [5.41, 5.74) is 3.83. The molecule has 0 amide bonds. The maximum atomic E-state index is 13.3. The Hall–Kier alpha value is -3.74. The standard InChI is InChI=1S/C25H25FN6/c1-17(19-5-7-21(26)8-6-19)12-24-31-22(13-23-16-28-10-11-29-23)14-25(32-24)30-18(2)20-4-3-9-27-15-20/h3-11,14-18H,12-13H2,1-2H3,(H,30,31,32)/t17-,18?/m1/s1. The van der Waals surface area contributed by atoms with Gasteiger partial charge in [-0.1, -0.05) is 25.1 Å². The van der Waals surface area contributed by atoms with Gasteiger partial charge >= 0.3 is 0 Å². The number of pyridine rings is 1. The molecule has 0 spiro atoms. The smallest absolute Gasteiger partial charge is 0.131 e. The summed E-state index contributed by atoms with van der Waals surface area (Å²) in [6.07, 6.45) is 9.87. The van der Waals surface area contributed by atoms with Gasteiger partial charge in [-0.05, 0) is 42.2 Å². The van der Waals surface area contributed by atoms with Crippen LogP contribution in [0.1, 0.15) is 54.1 Å². The minimum atomic E-state index is -0.237. The van der Waals surface area contributed by atoms with E-state index >= 15 is 0 Å². The average Bonchev–Trinajstić information content (AvgIpc) is 2.80. The molecule has 1 aromatic carbocycles. The maximum absolute atomic E-state index is 13.3. The minimum absolute atomic E-state index is 0.0327.